The maximum atomic E-state index is 12.2. The highest BCUT2D eigenvalue weighted by molar-refractivity contribution is 9.10. The number of amides is 1. The van der Waals surface area contributed by atoms with Crippen molar-refractivity contribution in [3.8, 4) is 0 Å². The average Bonchev–Trinajstić information content (AvgIpc) is 2.38. The van der Waals surface area contributed by atoms with Gasteiger partial charge in [0, 0.05) is 16.6 Å². The Hall–Kier alpha value is -1.27. The fourth-order valence-corrected chi connectivity index (χ4v) is 1.79. The highest BCUT2D eigenvalue weighted by atomic mass is 79.9. The molecule has 98 valence electrons. The van der Waals surface area contributed by atoms with E-state index < -0.39 is 0 Å². The first kappa shape index (κ1) is 14.8. The van der Waals surface area contributed by atoms with E-state index in [0.717, 1.165) is 4.47 Å². The summed E-state index contributed by atoms with van der Waals surface area (Å²) < 4.78 is 0.722. The summed E-state index contributed by atoms with van der Waals surface area (Å²) in [6.45, 7) is 2.32. The molecule has 0 aromatic heterocycles. The molecule has 0 fully saturated rings. The van der Waals surface area contributed by atoms with E-state index in [1.54, 1.807) is 18.2 Å². The van der Waals surface area contributed by atoms with E-state index in [-0.39, 0.29) is 18.3 Å². The summed E-state index contributed by atoms with van der Waals surface area (Å²) >= 11 is 9.19. The molecule has 0 atom stereocenters. The lowest BCUT2D eigenvalue weighted by Gasteiger charge is -2.20. The van der Waals surface area contributed by atoms with E-state index in [4.69, 9.17) is 22.5 Å². The van der Waals surface area contributed by atoms with Crippen molar-refractivity contribution in [2.24, 2.45) is 10.9 Å². The van der Waals surface area contributed by atoms with Crippen LogP contribution in [0.15, 0.2) is 27.8 Å². The quantitative estimate of drug-likeness (QED) is 0.384. The molecular formula is C11H13BrClN3O2. The number of oxime groups is 1. The van der Waals surface area contributed by atoms with Crippen LogP contribution >= 0.6 is 27.5 Å². The van der Waals surface area contributed by atoms with Gasteiger partial charge in [-0.05, 0) is 41.1 Å². The number of benzene rings is 1. The van der Waals surface area contributed by atoms with E-state index in [9.17, 15) is 4.79 Å². The van der Waals surface area contributed by atoms with Crippen LogP contribution in [0.2, 0.25) is 5.02 Å². The maximum absolute atomic E-state index is 12.2. The van der Waals surface area contributed by atoms with E-state index in [1.165, 1.54) is 4.90 Å². The molecule has 0 saturated heterocycles. The average molecular weight is 335 g/mol. The summed E-state index contributed by atoms with van der Waals surface area (Å²) in [4.78, 5) is 13.6. The molecule has 0 saturated carbocycles. The summed E-state index contributed by atoms with van der Waals surface area (Å²) in [6, 6.07) is 4.93. The van der Waals surface area contributed by atoms with Crippen molar-refractivity contribution in [3.63, 3.8) is 0 Å². The zero-order valence-electron chi connectivity index (χ0n) is 9.73. The van der Waals surface area contributed by atoms with Gasteiger partial charge >= 0.3 is 0 Å². The Morgan fingerprint density at radius 1 is 1.61 bits per heavy atom. The van der Waals surface area contributed by atoms with Crippen molar-refractivity contribution in [1.29, 1.82) is 0 Å². The van der Waals surface area contributed by atoms with Gasteiger partial charge in [-0.1, -0.05) is 16.8 Å². The van der Waals surface area contributed by atoms with Crippen molar-refractivity contribution >= 4 is 39.3 Å². The van der Waals surface area contributed by atoms with Gasteiger partial charge in [0.2, 0.25) is 0 Å². The minimum absolute atomic E-state index is 0.0200. The molecule has 1 aromatic rings. The van der Waals surface area contributed by atoms with Gasteiger partial charge in [-0.3, -0.25) is 4.79 Å². The Labute approximate surface area is 118 Å². The van der Waals surface area contributed by atoms with E-state index >= 15 is 0 Å². The lowest BCUT2D eigenvalue weighted by Crippen LogP contribution is -2.38. The molecule has 1 amide bonds. The largest absolute Gasteiger partial charge is 0.409 e. The summed E-state index contributed by atoms with van der Waals surface area (Å²) in [7, 11) is 0. The number of hydrogen-bond acceptors (Lipinski definition) is 3. The van der Waals surface area contributed by atoms with Crippen molar-refractivity contribution < 1.29 is 10.0 Å². The molecule has 5 nitrogen and oxygen atoms in total. The molecule has 1 aromatic carbocycles. The predicted octanol–water partition coefficient (Wildman–Crippen LogP) is 2.31. The van der Waals surface area contributed by atoms with Gasteiger partial charge < -0.3 is 15.8 Å². The van der Waals surface area contributed by atoms with Crippen molar-refractivity contribution in [2.75, 3.05) is 13.1 Å². The second-order valence-electron chi connectivity index (χ2n) is 3.54. The van der Waals surface area contributed by atoms with E-state index in [2.05, 4.69) is 21.1 Å². The fourth-order valence-electron chi connectivity index (χ4n) is 1.37. The first-order valence-electron chi connectivity index (χ1n) is 5.20. The van der Waals surface area contributed by atoms with Gasteiger partial charge in [-0.2, -0.15) is 0 Å². The second-order valence-corrected chi connectivity index (χ2v) is 4.80. The summed E-state index contributed by atoms with van der Waals surface area (Å²) in [5.74, 6) is -0.244. The molecule has 0 aliphatic carbocycles. The number of hydrogen-bond donors (Lipinski definition) is 2. The van der Waals surface area contributed by atoms with Crippen molar-refractivity contribution in [3.05, 3.63) is 33.3 Å². The predicted molar refractivity (Wildman–Crippen MR) is 74.1 cm³/mol. The van der Waals surface area contributed by atoms with Crippen LogP contribution in [0.3, 0.4) is 0 Å². The number of likely N-dealkylation sites (N-methyl/N-ethyl adjacent to an activating group) is 1. The number of nitrogens with two attached hydrogens (primary N) is 1. The summed E-state index contributed by atoms with van der Waals surface area (Å²) in [6.07, 6.45) is 0. The number of rotatable bonds is 4. The van der Waals surface area contributed by atoms with E-state index in [0.29, 0.717) is 17.1 Å². The number of carbonyl (C=O) groups excluding carboxylic acids is 1. The summed E-state index contributed by atoms with van der Waals surface area (Å²) in [5.41, 5.74) is 5.85. The molecule has 0 heterocycles. The SMILES string of the molecule is CCN(C/C(N)=N/O)C(=O)c1ccc(Br)c(Cl)c1. The molecule has 0 spiro atoms. The van der Waals surface area contributed by atoms with Gasteiger partial charge in [0.15, 0.2) is 5.84 Å². The van der Waals surface area contributed by atoms with Crippen LogP contribution in [0.5, 0.6) is 0 Å². The number of carbonyl (C=O) groups is 1. The topological polar surface area (TPSA) is 78.9 Å². The Balaban J connectivity index is 2.93. The smallest absolute Gasteiger partial charge is 0.254 e. The molecule has 1 rings (SSSR count). The molecular weight excluding hydrogens is 321 g/mol. The van der Waals surface area contributed by atoms with Crippen LogP contribution in [0.4, 0.5) is 0 Å². The van der Waals surface area contributed by atoms with Gasteiger partial charge in [0.25, 0.3) is 5.91 Å². The first-order valence-corrected chi connectivity index (χ1v) is 6.37. The fraction of sp³-hybridized carbons (Fsp3) is 0.273. The number of amidine groups is 1. The second kappa shape index (κ2) is 6.61. The Morgan fingerprint density at radius 2 is 2.28 bits per heavy atom. The summed E-state index contributed by atoms with van der Waals surface area (Å²) in [5, 5.41) is 11.8. The monoisotopic (exact) mass is 333 g/mol. The molecule has 7 heteroatoms. The van der Waals surface area contributed by atoms with Crippen LogP contribution in [-0.2, 0) is 0 Å². The van der Waals surface area contributed by atoms with Crippen LogP contribution in [0, 0.1) is 0 Å². The highest BCUT2D eigenvalue weighted by Gasteiger charge is 2.16. The maximum Gasteiger partial charge on any atom is 0.254 e. The lowest BCUT2D eigenvalue weighted by atomic mass is 10.2. The van der Waals surface area contributed by atoms with Crippen LogP contribution in [0.1, 0.15) is 17.3 Å². The number of nitrogens with zero attached hydrogens (tertiary/aromatic N) is 2. The van der Waals surface area contributed by atoms with Gasteiger partial charge in [0.1, 0.15) is 0 Å². The molecule has 0 aliphatic rings. The van der Waals surface area contributed by atoms with Crippen LogP contribution < -0.4 is 5.73 Å². The Morgan fingerprint density at radius 3 is 2.78 bits per heavy atom. The third-order valence-electron chi connectivity index (χ3n) is 2.32. The van der Waals surface area contributed by atoms with Gasteiger partial charge in [0.05, 0.1) is 11.6 Å². The van der Waals surface area contributed by atoms with Crippen molar-refractivity contribution in [2.45, 2.75) is 6.92 Å². The van der Waals surface area contributed by atoms with E-state index in [1.807, 2.05) is 6.92 Å². The first-order chi connectivity index (χ1) is 8.49. The Kier molecular flexibility index (Phi) is 5.43. The Bertz CT molecular complexity index is 479. The minimum Gasteiger partial charge on any atom is -0.409 e. The van der Waals surface area contributed by atoms with Gasteiger partial charge in [-0.15, -0.1) is 0 Å². The molecule has 18 heavy (non-hydrogen) atoms. The zero-order valence-corrected chi connectivity index (χ0v) is 12.1. The third-order valence-corrected chi connectivity index (χ3v) is 3.55. The molecule has 0 aliphatic heterocycles. The molecule has 3 N–H and O–H groups in total. The molecule has 0 bridgehead atoms. The minimum atomic E-state index is -0.224. The standard InChI is InChI=1S/C11H13BrClN3O2/c1-2-16(6-10(14)15-18)11(17)7-3-4-8(12)9(13)5-7/h3-5,18H,2,6H2,1H3,(H2,14,15). The van der Waals surface area contributed by atoms with Crippen LogP contribution in [0.25, 0.3) is 0 Å². The van der Waals surface area contributed by atoms with Crippen molar-refractivity contribution in [1.82, 2.24) is 4.90 Å². The zero-order chi connectivity index (χ0) is 13.7. The number of halogens is 2. The molecule has 0 unspecified atom stereocenters. The highest BCUT2D eigenvalue weighted by Crippen LogP contribution is 2.23. The lowest BCUT2D eigenvalue weighted by molar-refractivity contribution is 0.0786. The van der Waals surface area contributed by atoms with Gasteiger partial charge in [-0.25, -0.2) is 0 Å². The normalized spacial score (nSPS) is 11.4. The van der Waals surface area contributed by atoms with Crippen LogP contribution in [-0.4, -0.2) is 34.9 Å². The molecule has 0 radical (unpaired) electrons. The third kappa shape index (κ3) is 3.61.